The van der Waals surface area contributed by atoms with Gasteiger partial charge >= 0.3 is 5.97 Å². The number of hydrogen-bond acceptors (Lipinski definition) is 4. The van der Waals surface area contributed by atoms with Crippen LogP contribution in [0, 0.1) is 0 Å². The number of thioether (sulfide) groups is 1. The number of benzene rings is 2. The molecule has 0 aliphatic heterocycles. The molecule has 0 heterocycles. The van der Waals surface area contributed by atoms with E-state index in [1.54, 1.807) is 31.2 Å². The van der Waals surface area contributed by atoms with Crippen LogP contribution in [-0.4, -0.2) is 23.7 Å². The Morgan fingerprint density at radius 2 is 1.81 bits per heavy atom. The predicted octanol–water partition coefficient (Wildman–Crippen LogP) is 5.68. The largest absolute Gasteiger partial charge is 0.462 e. The monoisotopic (exact) mass is 411 g/mol. The lowest BCUT2D eigenvalue weighted by Crippen LogP contribution is -2.24. The van der Waals surface area contributed by atoms with E-state index in [9.17, 15) is 9.59 Å². The highest BCUT2D eigenvalue weighted by Gasteiger charge is 2.19. The number of anilines is 1. The molecular weight excluding hydrogens is 393 g/mol. The molecule has 0 spiro atoms. The number of ether oxygens (including phenoxy) is 1. The first-order valence-corrected chi connectivity index (χ1v) is 9.77. The van der Waals surface area contributed by atoms with Gasteiger partial charge in [-0.25, -0.2) is 4.79 Å². The van der Waals surface area contributed by atoms with Gasteiger partial charge in [0.25, 0.3) is 0 Å². The Morgan fingerprint density at radius 3 is 2.38 bits per heavy atom. The summed E-state index contributed by atoms with van der Waals surface area (Å²) in [6.45, 7) is 3.96. The van der Waals surface area contributed by atoms with Crippen molar-refractivity contribution in [2.45, 2.75) is 30.4 Å². The fourth-order valence-corrected chi connectivity index (χ4v) is 3.48. The van der Waals surface area contributed by atoms with Crippen molar-refractivity contribution in [1.29, 1.82) is 0 Å². The molecule has 1 amide bonds. The van der Waals surface area contributed by atoms with Gasteiger partial charge in [-0.3, -0.25) is 4.79 Å². The number of esters is 1. The van der Waals surface area contributed by atoms with Crippen LogP contribution in [0.15, 0.2) is 47.4 Å². The Labute approximate surface area is 167 Å². The van der Waals surface area contributed by atoms with Crippen molar-refractivity contribution in [3.63, 3.8) is 0 Å². The normalized spacial score (nSPS) is 11.7. The van der Waals surface area contributed by atoms with Crippen molar-refractivity contribution >= 4 is 52.5 Å². The van der Waals surface area contributed by atoms with Crippen LogP contribution in [0.1, 0.15) is 30.6 Å². The van der Waals surface area contributed by atoms with Crippen LogP contribution in [-0.2, 0) is 9.53 Å². The molecule has 26 heavy (non-hydrogen) atoms. The molecule has 0 saturated heterocycles. The van der Waals surface area contributed by atoms with Crippen LogP contribution in [0.4, 0.5) is 5.69 Å². The van der Waals surface area contributed by atoms with Crippen molar-refractivity contribution in [2.24, 2.45) is 0 Å². The average molecular weight is 412 g/mol. The highest BCUT2D eigenvalue weighted by Crippen LogP contribution is 2.29. The maximum atomic E-state index is 12.6. The second-order valence-electron chi connectivity index (χ2n) is 5.37. The summed E-state index contributed by atoms with van der Waals surface area (Å²) < 4.78 is 4.94. The molecule has 0 aromatic heterocycles. The highest BCUT2D eigenvalue weighted by molar-refractivity contribution is 8.00. The van der Waals surface area contributed by atoms with E-state index in [1.165, 1.54) is 17.8 Å². The summed E-state index contributed by atoms with van der Waals surface area (Å²) in [4.78, 5) is 25.3. The van der Waals surface area contributed by atoms with Crippen molar-refractivity contribution in [3.8, 4) is 0 Å². The molecule has 138 valence electrons. The SMILES string of the molecule is CCOC(=O)c1ccc(NC(=O)C(CC)Sc2ccc(Cl)cc2)c(Cl)c1. The summed E-state index contributed by atoms with van der Waals surface area (Å²) in [5.74, 6) is -0.602. The maximum Gasteiger partial charge on any atom is 0.338 e. The van der Waals surface area contributed by atoms with E-state index in [0.29, 0.717) is 22.7 Å². The zero-order chi connectivity index (χ0) is 19.1. The standard InChI is InChI=1S/C19H19Cl2NO3S/c1-3-17(26-14-8-6-13(20)7-9-14)18(23)22-16-10-5-12(11-15(16)21)19(24)25-4-2/h5-11,17H,3-4H2,1-2H3,(H,22,23). The minimum Gasteiger partial charge on any atom is -0.462 e. The Kier molecular flexibility index (Phi) is 7.82. The fourth-order valence-electron chi connectivity index (χ4n) is 2.17. The van der Waals surface area contributed by atoms with Crippen LogP contribution in [0.25, 0.3) is 0 Å². The highest BCUT2D eigenvalue weighted by atomic mass is 35.5. The van der Waals surface area contributed by atoms with Gasteiger partial charge in [-0.1, -0.05) is 30.1 Å². The number of halogens is 2. The Morgan fingerprint density at radius 1 is 1.12 bits per heavy atom. The average Bonchev–Trinajstić information content (AvgIpc) is 2.63. The minimum atomic E-state index is -0.447. The minimum absolute atomic E-state index is 0.154. The number of carbonyl (C=O) groups excluding carboxylic acids is 2. The zero-order valence-corrected chi connectivity index (χ0v) is 16.8. The van der Waals surface area contributed by atoms with Crippen LogP contribution in [0.5, 0.6) is 0 Å². The lowest BCUT2D eigenvalue weighted by molar-refractivity contribution is -0.115. The van der Waals surface area contributed by atoms with Crippen molar-refractivity contribution in [2.75, 3.05) is 11.9 Å². The third-order valence-corrected chi connectivity index (χ3v) is 5.43. The van der Waals surface area contributed by atoms with Crippen LogP contribution < -0.4 is 5.32 Å². The van der Waals surface area contributed by atoms with E-state index in [2.05, 4.69) is 5.32 Å². The first-order valence-electron chi connectivity index (χ1n) is 8.14. The molecule has 0 radical (unpaired) electrons. The Hall–Kier alpha value is -1.69. The summed E-state index contributed by atoms with van der Waals surface area (Å²) >= 11 is 13.5. The second-order valence-corrected chi connectivity index (χ2v) is 7.49. The zero-order valence-electron chi connectivity index (χ0n) is 14.4. The van der Waals surface area contributed by atoms with Crippen LogP contribution >= 0.6 is 35.0 Å². The van der Waals surface area contributed by atoms with Gasteiger partial charge in [0, 0.05) is 9.92 Å². The summed E-state index contributed by atoms with van der Waals surface area (Å²) in [6.07, 6.45) is 0.650. The third kappa shape index (κ3) is 5.66. The summed E-state index contributed by atoms with van der Waals surface area (Å²) in [7, 11) is 0. The molecule has 0 fully saturated rings. The molecule has 2 aromatic carbocycles. The molecule has 2 aromatic rings. The Balaban J connectivity index is 2.07. The quantitative estimate of drug-likeness (QED) is 0.470. The second kappa shape index (κ2) is 9.86. The molecule has 0 aliphatic rings. The van der Waals surface area contributed by atoms with Crippen molar-refractivity contribution in [3.05, 3.63) is 58.1 Å². The van der Waals surface area contributed by atoms with Gasteiger partial charge in [-0.05, 0) is 55.8 Å². The topological polar surface area (TPSA) is 55.4 Å². The number of rotatable bonds is 7. The summed E-state index contributed by atoms with van der Waals surface area (Å²) in [5, 5.41) is 3.48. The van der Waals surface area contributed by atoms with Gasteiger partial charge in [0.1, 0.15) is 0 Å². The lowest BCUT2D eigenvalue weighted by Gasteiger charge is -2.16. The van der Waals surface area contributed by atoms with Crippen molar-refractivity contribution in [1.82, 2.24) is 0 Å². The first-order chi connectivity index (χ1) is 12.4. The molecule has 1 N–H and O–H groups in total. The summed E-state index contributed by atoms with van der Waals surface area (Å²) in [6, 6.07) is 12.0. The molecule has 1 atom stereocenters. The van der Waals surface area contributed by atoms with Crippen LogP contribution in [0.3, 0.4) is 0 Å². The number of hydrogen-bond donors (Lipinski definition) is 1. The van der Waals surface area contributed by atoms with E-state index < -0.39 is 5.97 Å². The van der Waals surface area contributed by atoms with Gasteiger partial charge in [-0.15, -0.1) is 11.8 Å². The van der Waals surface area contributed by atoms with E-state index in [-0.39, 0.29) is 22.8 Å². The number of amides is 1. The van der Waals surface area contributed by atoms with E-state index in [1.807, 2.05) is 19.1 Å². The van der Waals surface area contributed by atoms with E-state index in [0.717, 1.165) is 4.90 Å². The molecular formula is C19H19Cl2NO3S. The third-order valence-electron chi connectivity index (χ3n) is 3.49. The van der Waals surface area contributed by atoms with Gasteiger partial charge in [0.15, 0.2) is 0 Å². The maximum absolute atomic E-state index is 12.6. The molecule has 0 aliphatic carbocycles. The smallest absolute Gasteiger partial charge is 0.338 e. The van der Waals surface area contributed by atoms with E-state index >= 15 is 0 Å². The molecule has 0 bridgehead atoms. The molecule has 4 nitrogen and oxygen atoms in total. The molecule has 2 rings (SSSR count). The lowest BCUT2D eigenvalue weighted by atomic mass is 10.2. The van der Waals surface area contributed by atoms with Crippen LogP contribution in [0.2, 0.25) is 10.0 Å². The molecule has 7 heteroatoms. The van der Waals surface area contributed by atoms with Gasteiger partial charge < -0.3 is 10.1 Å². The Bertz CT molecular complexity index is 781. The van der Waals surface area contributed by atoms with Gasteiger partial charge in [0.05, 0.1) is 28.1 Å². The molecule has 1 unspecified atom stereocenters. The van der Waals surface area contributed by atoms with Gasteiger partial charge in [0.2, 0.25) is 5.91 Å². The number of nitrogens with one attached hydrogen (secondary N) is 1. The van der Waals surface area contributed by atoms with E-state index in [4.69, 9.17) is 27.9 Å². The number of carbonyl (C=O) groups is 2. The van der Waals surface area contributed by atoms with Crippen molar-refractivity contribution < 1.29 is 14.3 Å². The predicted molar refractivity (Wildman–Crippen MR) is 107 cm³/mol. The van der Waals surface area contributed by atoms with Gasteiger partial charge in [-0.2, -0.15) is 0 Å². The fraction of sp³-hybridized carbons (Fsp3) is 0.263. The molecule has 0 saturated carbocycles. The summed E-state index contributed by atoms with van der Waals surface area (Å²) in [5.41, 5.74) is 0.803. The first kappa shape index (κ1) is 20.6.